The Labute approximate surface area is 145 Å². The van der Waals surface area contributed by atoms with Gasteiger partial charge in [0.15, 0.2) is 0 Å². The number of aryl methyl sites for hydroxylation is 2. The minimum Gasteiger partial charge on any atom is -0.497 e. The lowest BCUT2D eigenvalue weighted by atomic mass is 10.0. The first-order valence-corrected chi connectivity index (χ1v) is 7.82. The van der Waals surface area contributed by atoms with Crippen molar-refractivity contribution in [3.05, 3.63) is 64.2 Å². The van der Waals surface area contributed by atoms with E-state index in [0.29, 0.717) is 17.0 Å². The van der Waals surface area contributed by atoms with Crippen molar-refractivity contribution < 1.29 is 14.3 Å². The molecule has 0 unspecified atom stereocenters. The Hall–Kier alpha value is -2.59. The molecule has 1 aliphatic heterocycles. The highest BCUT2D eigenvalue weighted by Gasteiger charge is 2.39. The van der Waals surface area contributed by atoms with Crippen LogP contribution < -0.4 is 9.64 Å². The fraction of sp³-hybridized carbons (Fsp3) is 0.158. The molecule has 2 aromatic carbocycles. The zero-order chi connectivity index (χ0) is 17.4. The van der Waals surface area contributed by atoms with Crippen LogP contribution in [0.25, 0.3) is 5.57 Å². The van der Waals surface area contributed by atoms with E-state index in [1.165, 1.54) is 7.11 Å². The highest BCUT2D eigenvalue weighted by molar-refractivity contribution is 6.60. The summed E-state index contributed by atoms with van der Waals surface area (Å²) in [4.78, 5) is 26.4. The molecule has 4 nitrogen and oxygen atoms in total. The summed E-state index contributed by atoms with van der Waals surface area (Å²) in [6.07, 6.45) is 0. The molecule has 5 heteroatoms. The topological polar surface area (TPSA) is 46.6 Å². The lowest BCUT2D eigenvalue weighted by Gasteiger charge is -2.15. The van der Waals surface area contributed by atoms with Gasteiger partial charge in [0.05, 0.1) is 18.4 Å². The molecule has 122 valence electrons. The maximum absolute atomic E-state index is 12.8. The molecule has 3 rings (SSSR count). The van der Waals surface area contributed by atoms with Crippen LogP contribution in [-0.4, -0.2) is 18.9 Å². The Morgan fingerprint density at radius 2 is 1.71 bits per heavy atom. The second-order valence-electron chi connectivity index (χ2n) is 5.64. The molecule has 2 amide bonds. The standard InChI is InChI=1S/C19H16ClNO3/c1-11-7-8-13(9-12(11)2)16-17(20)19(23)21(18(16)22)14-5-4-6-15(10-14)24-3/h4-10H,1-3H3. The lowest BCUT2D eigenvalue weighted by molar-refractivity contribution is -0.119. The van der Waals surface area contributed by atoms with Crippen molar-refractivity contribution in [1.82, 2.24) is 0 Å². The molecule has 1 aliphatic rings. The van der Waals surface area contributed by atoms with E-state index in [9.17, 15) is 9.59 Å². The number of rotatable bonds is 3. The largest absolute Gasteiger partial charge is 0.497 e. The summed E-state index contributed by atoms with van der Waals surface area (Å²) in [7, 11) is 1.53. The summed E-state index contributed by atoms with van der Waals surface area (Å²) < 4.78 is 5.16. The number of amides is 2. The number of hydrogen-bond acceptors (Lipinski definition) is 3. The van der Waals surface area contributed by atoms with E-state index in [4.69, 9.17) is 16.3 Å². The van der Waals surface area contributed by atoms with Gasteiger partial charge in [-0.15, -0.1) is 0 Å². The van der Waals surface area contributed by atoms with Crippen LogP contribution in [-0.2, 0) is 9.59 Å². The van der Waals surface area contributed by atoms with Gasteiger partial charge in [-0.2, -0.15) is 0 Å². The van der Waals surface area contributed by atoms with Crippen LogP contribution >= 0.6 is 11.6 Å². The fourth-order valence-electron chi connectivity index (χ4n) is 2.63. The molecule has 0 radical (unpaired) electrons. The summed E-state index contributed by atoms with van der Waals surface area (Å²) >= 11 is 6.20. The van der Waals surface area contributed by atoms with E-state index in [0.717, 1.165) is 16.0 Å². The molecule has 0 atom stereocenters. The van der Waals surface area contributed by atoms with Gasteiger partial charge in [0.25, 0.3) is 11.8 Å². The van der Waals surface area contributed by atoms with Gasteiger partial charge >= 0.3 is 0 Å². The van der Waals surface area contributed by atoms with Crippen molar-refractivity contribution in [2.45, 2.75) is 13.8 Å². The van der Waals surface area contributed by atoms with Gasteiger partial charge < -0.3 is 4.74 Å². The van der Waals surface area contributed by atoms with Crippen LogP contribution in [0, 0.1) is 13.8 Å². The monoisotopic (exact) mass is 341 g/mol. The minimum absolute atomic E-state index is 0.0638. The molecule has 0 fully saturated rings. The van der Waals surface area contributed by atoms with Gasteiger partial charge in [0, 0.05) is 6.07 Å². The number of ether oxygens (including phenoxy) is 1. The average Bonchev–Trinajstić information content (AvgIpc) is 2.80. The van der Waals surface area contributed by atoms with Gasteiger partial charge in [0.2, 0.25) is 0 Å². The Bertz CT molecular complexity index is 886. The summed E-state index contributed by atoms with van der Waals surface area (Å²) in [5.74, 6) is -0.395. The van der Waals surface area contributed by atoms with Crippen molar-refractivity contribution in [2.75, 3.05) is 12.0 Å². The number of benzene rings is 2. The van der Waals surface area contributed by atoms with Gasteiger partial charge in [0.1, 0.15) is 10.8 Å². The molecule has 0 bridgehead atoms. The second-order valence-corrected chi connectivity index (χ2v) is 6.01. The molecule has 0 N–H and O–H groups in total. The third-order valence-electron chi connectivity index (χ3n) is 4.13. The van der Waals surface area contributed by atoms with Gasteiger partial charge in [-0.1, -0.05) is 35.9 Å². The molecular weight excluding hydrogens is 326 g/mol. The van der Waals surface area contributed by atoms with Crippen LogP contribution in [0.15, 0.2) is 47.5 Å². The molecule has 2 aromatic rings. The SMILES string of the molecule is COc1cccc(N2C(=O)C(Cl)=C(c3ccc(C)c(C)c3)C2=O)c1. The third kappa shape index (κ3) is 2.59. The summed E-state index contributed by atoms with van der Waals surface area (Å²) in [5.41, 5.74) is 3.45. The average molecular weight is 342 g/mol. The highest BCUT2D eigenvalue weighted by Crippen LogP contribution is 2.36. The number of anilines is 1. The first-order chi connectivity index (χ1) is 11.4. The van der Waals surface area contributed by atoms with Crippen molar-refractivity contribution in [3.8, 4) is 5.75 Å². The van der Waals surface area contributed by atoms with Gasteiger partial charge in [-0.25, -0.2) is 4.90 Å². The minimum atomic E-state index is -0.525. The number of carbonyl (C=O) groups is 2. The van der Waals surface area contributed by atoms with E-state index in [2.05, 4.69) is 0 Å². The second kappa shape index (κ2) is 6.13. The first-order valence-electron chi connectivity index (χ1n) is 7.44. The quantitative estimate of drug-likeness (QED) is 0.797. The first kappa shape index (κ1) is 16.3. The van der Waals surface area contributed by atoms with Crippen molar-refractivity contribution in [1.29, 1.82) is 0 Å². The summed E-state index contributed by atoms with van der Waals surface area (Å²) in [6, 6.07) is 12.3. The van der Waals surface area contributed by atoms with Crippen molar-refractivity contribution in [2.24, 2.45) is 0 Å². The molecule has 24 heavy (non-hydrogen) atoms. The van der Waals surface area contributed by atoms with Crippen molar-refractivity contribution >= 4 is 34.7 Å². The van der Waals surface area contributed by atoms with Crippen LogP contribution in [0.4, 0.5) is 5.69 Å². The molecule has 0 aromatic heterocycles. The highest BCUT2D eigenvalue weighted by atomic mass is 35.5. The smallest absolute Gasteiger partial charge is 0.277 e. The predicted octanol–water partition coefficient (Wildman–Crippen LogP) is 3.84. The number of methoxy groups -OCH3 is 1. The molecule has 0 saturated heterocycles. The van der Waals surface area contributed by atoms with E-state index in [1.807, 2.05) is 26.0 Å². The number of hydrogen-bond donors (Lipinski definition) is 0. The molecule has 0 aliphatic carbocycles. The van der Waals surface area contributed by atoms with Gasteiger partial charge in [-0.05, 0) is 42.7 Å². The Kier molecular flexibility index (Phi) is 4.16. The maximum atomic E-state index is 12.8. The third-order valence-corrected chi connectivity index (χ3v) is 4.49. The van der Waals surface area contributed by atoms with Crippen LogP contribution in [0.1, 0.15) is 16.7 Å². The lowest BCUT2D eigenvalue weighted by Crippen LogP contribution is -2.31. The van der Waals surface area contributed by atoms with E-state index in [-0.39, 0.29) is 10.6 Å². The Morgan fingerprint density at radius 1 is 0.958 bits per heavy atom. The predicted molar refractivity (Wildman–Crippen MR) is 94.2 cm³/mol. The number of halogens is 1. The molecule has 1 heterocycles. The van der Waals surface area contributed by atoms with Crippen LogP contribution in [0.3, 0.4) is 0 Å². The number of imide groups is 1. The normalized spacial score (nSPS) is 14.6. The number of carbonyl (C=O) groups excluding carboxylic acids is 2. The van der Waals surface area contributed by atoms with E-state index >= 15 is 0 Å². The number of nitrogens with zero attached hydrogens (tertiary/aromatic N) is 1. The Morgan fingerprint density at radius 3 is 2.38 bits per heavy atom. The van der Waals surface area contributed by atoms with Crippen LogP contribution in [0.5, 0.6) is 5.75 Å². The molecule has 0 saturated carbocycles. The maximum Gasteiger partial charge on any atom is 0.277 e. The zero-order valence-corrected chi connectivity index (χ0v) is 14.3. The van der Waals surface area contributed by atoms with Crippen LogP contribution in [0.2, 0.25) is 0 Å². The van der Waals surface area contributed by atoms with Crippen molar-refractivity contribution in [3.63, 3.8) is 0 Å². The Balaban J connectivity index is 2.05. The fourth-order valence-corrected chi connectivity index (χ4v) is 2.91. The van der Waals surface area contributed by atoms with Gasteiger partial charge in [-0.3, -0.25) is 9.59 Å². The molecule has 0 spiro atoms. The van der Waals surface area contributed by atoms with E-state index < -0.39 is 11.8 Å². The molecular formula is C19H16ClNO3. The van der Waals surface area contributed by atoms with E-state index in [1.54, 1.807) is 30.3 Å². The summed E-state index contributed by atoms with van der Waals surface area (Å²) in [5, 5.41) is -0.0638. The summed E-state index contributed by atoms with van der Waals surface area (Å²) in [6.45, 7) is 3.94. The zero-order valence-electron chi connectivity index (χ0n) is 13.6.